The average Bonchev–Trinajstić information content (AvgIpc) is 2.61. The van der Waals surface area contributed by atoms with Crippen LogP contribution in [0.1, 0.15) is 19.3 Å². The molecular weight excluding hydrogens is 308 g/mol. The fourth-order valence-electron chi connectivity index (χ4n) is 2.56. The van der Waals surface area contributed by atoms with Gasteiger partial charge in [0.25, 0.3) is 0 Å². The second kappa shape index (κ2) is 9.82. The number of anilines is 1. The van der Waals surface area contributed by atoms with Crippen molar-refractivity contribution in [1.82, 2.24) is 5.32 Å². The molecule has 0 aliphatic heterocycles. The van der Waals surface area contributed by atoms with Gasteiger partial charge < -0.3 is 24.8 Å². The first kappa shape index (κ1) is 18.1. The summed E-state index contributed by atoms with van der Waals surface area (Å²) in [6.07, 6.45) is 7.62. The summed E-state index contributed by atoms with van der Waals surface area (Å²) in [5.74, 6) is 1.71. The Morgan fingerprint density at radius 1 is 1.21 bits per heavy atom. The molecule has 0 radical (unpaired) electrons. The highest BCUT2D eigenvalue weighted by molar-refractivity contribution is 5.89. The molecule has 1 atom stereocenters. The van der Waals surface area contributed by atoms with Gasteiger partial charge in [0.15, 0.2) is 11.5 Å². The lowest BCUT2D eigenvalue weighted by Gasteiger charge is -2.18. The third-order valence-electron chi connectivity index (χ3n) is 3.90. The zero-order valence-corrected chi connectivity index (χ0v) is 14.3. The molecule has 2 N–H and O–H groups in total. The minimum Gasteiger partial charge on any atom is -0.493 e. The molecule has 0 aromatic heterocycles. The molecule has 1 aliphatic carbocycles. The van der Waals surface area contributed by atoms with Crippen molar-refractivity contribution in [2.75, 3.05) is 39.3 Å². The highest BCUT2D eigenvalue weighted by Gasteiger charge is 2.12. The van der Waals surface area contributed by atoms with Gasteiger partial charge in [-0.1, -0.05) is 12.2 Å². The molecule has 1 aromatic carbocycles. The zero-order valence-electron chi connectivity index (χ0n) is 14.3. The van der Waals surface area contributed by atoms with Crippen LogP contribution in [0.15, 0.2) is 30.4 Å². The van der Waals surface area contributed by atoms with Crippen LogP contribution in [0.2, 0.25) is 0 Å². The Balaban J connectivity index is 1.87. The van der Waals surface area contributed by atoms with Crippen molar-refractivity contribution in [1.29, 1.82) is 0 Å². The Kier molecular flexibility index (Phi) is 7.42. The topological polar surface area (TPSA) is 68.8 Å². The quantitative estimate of drug-likeness (QED) is 0.566. The van der Waals surface area contributed by atoms with Crippen molar-refractivity contribution in [2.45, 2.75) is 19.3 Å². The van der Waals surface area contributed by atoms with Gasteiger partial charge in [0.05, 0.1) is 13.7 Å². The van der Waals surface area contributed by atoms with E-state index in [9.17, 15) is 4.79 Å². The monoisotopic (exact) mass is 334 g/mol. The van der Waals surface area contributed by atoms with E-state index in [0.29, 0.717) is 42.9 Å². The number of hydrogen-bond acceptors (Lipinski definition) is 4. The number of rotatable bonds is 8. The molecule has 24 heavy (non-hydrogen) atoms. The SMILES string of the molecule is COCCOc1cc(NC(=O)NC[C@H]2CC=CCC2)ccc1OC. The van der Waals surface area contributed by atoms with Crippen LogP contribution in [0.4, 0.5) is 10.5 Å². The minimum atomic E-state index is -0.211. The van der Waals surface area contributed by atoms with Crippen LogP contribution in [0.5, 0.6) is 11.5 Å². The van der Waals surface area contributed by atoms with Gasteiger partial charge in [0.2, 0.25) is 0 Å². The van der Waals surface area contributed by atoms with E-state index >= 15 is 0 Å². The van der Waals surface area contributed by atoms with Gasteiger partial charge in [0.1, 0.15) is 6.61 Å². The number of urea groups is 1. The Labute approximate surface area is 143 Å². The fourth-order valence-corrected chi connectivity index (χ4v) is 2.56. The molecule has 2 rings (SSSR count). The van der Waals surface area contributed by atoms with E-state index in [4.69, 9.17) is 14.2 Å². The second-order valence-corrected chi connectivity index (χ2v) is 5.69. The van der Waals surface area contributed by atoms with E-state index in [1.807, 2.05) is 0 Å². The van der Waals surface area contributed by atoms with Crippen molar-refractivity contribution in [3.63, 3.8) is 0 Å². The first-order chi connectivity index (χ1) is 11.7. The lowest BCUT2D eigenvalue weighted by molar-refractivity contribution is 0.144. The first-order valence-corrected chi connectivity index (χ1v) is 8.22. The van der Waals surface area contributed by atoms with Crippen LogP contribution >= 0.6 is 0 Å². The van der Waals surface area contributed by atoms with Crippen LogP contribution in [-0.4, -0.2) is 40.0 Å². The van der Waals surface area contributed by atoms with Crippen molar-refractivity contribution in [3.8, 4) is 11.5 Å². The van der Waals surface area contributed by atoms with Gasteiger partial charge >= 0.3 is 6.03 Å². The lowest BCUT2D eigenvalue weighted by Crippen LogP contribution is -2.33. The number of hydrogen-bond donors (Lipinski definition) is 2. The summed E-state index contributed by atoms with van der Waals surface area (Å²) in [5, 5.41) is 5.75. The Morgan fingerprint density at radius 3 is 2.79 bits per heavy atom. The van der Waals surface area contributed by atoms with Crippen molar-refractivity contribution < 1.29 is 19.0 Å². The standard InChI is InChI=1S/C18H26N2O4/c1-22-10-11-24-17-12-15(8-9-16(17)23-2)20-18(21)19-13-14-6-4-3-5-7-14/h3-4,8-9,12,14H,5-7,10-11,13H2,1-2H3,(H2,19,20,21)/t14-/m0/s1. The molecule has 0 heterocycles. The zero-order chi connectivity index (χ0) is 17.2. The summed E-state index contributed by atoms with van der Waals surface area (Å²) in [6, 6.07) is 5.09. The van der Waals surface area contributed by atoms with Crippen LogP contribution in [0, 0.1) is 5.92 Å². The number of amides is 2. The maximum absolute atomic E-state index is 12.0. The second-order valence-electron chi connectivity index (χ2n) is 5.69. The number of benzene rings is 1. The summed E-state index contributed by atoms with van der Waals surface area (Å²) >= 11 is 0. The van der Waals surface area contributed by atoms with Gasteiger partial charge in [0, 0.05) is 25.4 Å². The predicted molar refractivity (Wildman–Crippen MR) is 93.9 cm³/mol. The predicted octanol–water partition coefficient (Wildman–Crippen LogP) is 3.20. The lowest BCUT2D eigenvalue weighted by atomic mass is 9.94. The number of methoxy groups -OCH3 is 2. The maximum atomic E-state index is 12.0. The number of carbonyl (C=O) groups excluding carboxylic acids is 1. The van der Waals surface area contributed by atoms with Gasteiger partial charge in [-0.2, -0.15) is 0 Å². The largest absolute Gasteiger partial charge is 0.493 e. The van der Waals surface area contributed by atoms with E-state index in [-0.39, 0.29) is 6.03 Å². The van der Waals surface area contributed by atoms with E-state index in [0.717, 1.165) is 19.3 Å². The number of ether oxygens (including phenoxy) is 3. The molecule has 0 unspecified atom stereocenters. The van der Waals surface area contributed by atoms with Crippen molar-refractivity contribution >= 4 is 11.7 Å². The van der Waals surface area contributed by atoms with Crippen LogP contribution in [0.25, 0.3) is 0 Å². The molecule has 0 saturated heterocycles. The van der Waals surface area contributed by atoms with E-state index < -0.39 is 0 Å². The Hall–Kier alpha value is -2.21. The Morgan fingerprint density at radius 2 is 2.08 bits per heavy atom. The molecule has 0 fully saturated rings. The van der Waals surface area contributed by atoms with E-state index in [1.54, 1.807) is 32.4 Å². The normalized spacial score (nSPS) is 16.5. The van der Waals surface area contributed by atoms with E-state index in [2.05, 4.69) is 22.8 Å². The van der Waals surface area contributed by atoms with Crippen molar-refractivity contribution in [3.05, 3.63) is 30.4 Å². The first-order valence-electron chi connectivity index (χ1n) is 8.22. The van der Waals surface area contributed by atoms with Gasteiger partial charge in [-0.05, 0) is 37.3 Å². The molecule has 132 valence electrons. The third-order valence-corrected chi connectivity index (χ3v) is 3.90. The molecule has 2 amide bonds. The molecule has 6 heteroatoms. The number of nitrogens with one attached hydrogen (secondary N) is 2. The highest BCUT2D eigenvalue weighted by Crippen LogP contribution is 2.30. The molecule has 0 saturated carbocycles. The van der Waals surface area contributed by atoms with Crippen LogP contribution in [-0.2, 0) is 4.74 Å². The summed E-state index contributed by atoms with van der Waals surface area (Å²) in [6.45, 7) is 1.58. The summed E-state index contributed by atoms with van der Waals surface area (Å²) in [7, 11) is 3.20. The molecule has 6 nitrogen and oxygen atoms in total. The van der Waals surface area contributed by atoms with Crippen LogP contribution in [0.3, 0.4) is 0 Å². The molecular formula is C18H26N2O4. The van der Waals surface area contributed by atoms with E-state index in [1.165, 1.54) is 0 Å². The molecule has 0 bridgehead atoms. The fraction of sp³-hybridized carbons (Fsp3) is 0.500. The third kappa shape index (κ3) is 5.77. The minimum absolute atomic E-state index is 0.211. The highest BCUT2D eigenvalue weighted by atomic mass is 16.5. The molecule has 0 spiro atoms. The molecule has 1 aromatic rings. The smallest absolute Gasteiger partial charge is 0.319 e. The summed E-state index contributed by atoms with van der Waals surface area (Å²) in [4.78, 5) is 12.0. The number of allylic oxidation sites excluding steroid dienone is 2. The van der Waals surface area contributed by atoms with Gasteiger partial charge in [-0.15, -0.1) is 0 Å². The van der Waals surface area contributed by atoms with Crippen LogP contribution < -0.4 is 20.1 Å². The van der Waals surface area contributed by atoms with Gasteiger partial charge in [-0.25, -0.2) is 4.79 Å². The summed E-state index contributed by atoms with van der Waals surface area (Å²) in [5.41, 5.74) is 0.657. The number of carbonyl (C=O) groups is 1. The molecule has 1 aliphatic rings. The maximum Gasteiger partial charge on any atom is 0.319 e. The van der Waals surface area contributed by atoms with Gasteiger partial charge in [-0.3, -0.25) is 0 Å². The van der Waals surface area contributed by atoms with Crippen molar-refractivity contribution in [2.24, 2.45) is 5.92 Å². The summed E-state index contributed by atoms with van der Waals surface area (Å²) < 4.78 is 15.8. The Bertz CT molecular complexity index is 560. The average molecular weight is 334 g/mol.